The van der Waals surface area contributed by atoms with Crippen LogP contribution in [0.2, 0.25) is 0 Å². The highest BCUT2D eigenvalue weighted by atomic mass is 15.0. The first-order valence-corrected chi connectivity index (χ1v) is 40.2. The highest BCUT2D eigenvalue weighted by Gasteiger charge is 2.27. The Balaban J connectivity index is 0.000000130. The molecule has 0 unspecified atom stereocenters. The van der Waals surface area contributed by atoms with Crippen molar-refractivity contribution in [1.82, 2.24) is 18.3 Å². The van der Waals surface area contributed by atoms with Gasteiger partial charge in [-0.1, -0.05) is 291 Å². The zero-order valence-corrected chi connectivity index (χ0v) is 63.0. The summed E-state index contributed by atoms with van der Waals surface area (Å²) in [6.07, 6.45) is 0. The Morgan fingerprint density at radius 2 is 0.431 bits per heavy atom. The molecule has 24 aromatic rings. The largest absolute Gasteiger partial charge is 0.309 e. The van der Waals surface area contributed by atoms with Gasteiger partial charge in [-0.3, -0.25) is 0 Å². The second-order valence-electron chi connectivity index (χ2n) is 31.3. The molecule has 0 aliphatic heterocycles. The predicted octanol–water partition coefficient (Wildman–Crippen LogP) is 30.3. The molecule has 26 rings (SSSR count). The van der Waals surface area contributed by atoms with Gasteiger partial charge in [0.05, 0.1) is 49.8 Å². The lowest BCUT2D eigenvalue weighted by Crippen LogP contribution is -1.96. The number of benzene rings is 20. The van der Waals surface area contributed by atoms with E-state index in [0.717, 1.165) is 5.69 Å². The van der Waals surface area contributed by atoms with Crippen molar-refractivity contribution < 1.29 is 0 Å². The van der Waals surface area contributed by atoms with Crippen molar-refractivity contribution in [3.8, 4) is 112 Å². The Bertz CT molecular complexity index is 8270. The first-order valence-electron chi connectivity index (χ1n) is 40.2. The molecule has 2 aliphatic carbocycles. The number of rotatable bonds is 8. The lowest BCUT2D eigenvalue weighted by molar-refractivity contribution is 1.18. The van der Waals surface area contributed by atoms with E-state index in [9.17, 15) is 0 Å². The Kier molecular flexibility index (Phi) is 13.9. The Morgan fingerprint density at radius 1 is 0.129 bits per heavy atom. The van der Waals surface area contributed by atoms with Crippen molar-refractivity contribution in [3.05, 3.63) is 413 Å². The van der Waals surface area contributed by atoms with E-state index in [4.69, 9.17) is 0 Å². The summed E-state index contributed by atoms with van der Waals surface area (Å²) < 4.78 is 9.66. The maximum absolute atomic E-state index is 2.47. The van der Waals surface area contributed by atoms with Crippen LogP contribution in [0.4, 0.5) is 0 Å². The molecule has 0 atom stereocenters. The molecule has 4 aromatic heterocycles. The minimum Gasteiger partial charge on any atom is -0.309 e. The first kappa shape index (κ1) is 64.3. The van der Waals surface area contributed by atoms with Gasteiger partial charge in [-0.15, -0.1) is 0 Å². The van der Waals surface area contributed by atoms with Crippen LogP contribution in [0.25, 0.3) is 242 Å². The number of hydrogen-bond donors (Lipinski definition) is 0. The summed E-state index contributed by atoms with van der Waals surface area (Å²) in [5.41, 5.74) is 34.9. The van der Waals surface area contributed by atoms with Gasteiger partial charge in [0.1, 0.15) is 0 Å². The molecule has 4 heterocycles. The van der Waals surface area contributed by atoms with E-state index >= 15 is 0 Å². The quantitative estimate of drug-likeness (QED) is 0.144. The van der Waals surface area contributed by atoms with E-state index < -0.39 is 0 Å². The minimum atomic E-state index is 1.16. The zero-order chi connectivity index (χ0) is 75.8. The smallest absolute Gasteiger partial charge is 0.0541 e. The molecule has 2 aliphatic rings. The summed E-state index contributed by atoms with van der Waals surface area (Å²) in [7, 11) is 0. The van der Waals surface area contributed by atoms with Gasteiger partial charge >= 0.3 is 0 Å². The fourth-order valence-corrected chi connectivity index (χ4v) is 20.2. The molecular weight excluding hydrogens is 1400 g/mol. The zero-order valence-electron chi connectivity index (χ0n) is 63.0. The average molecular weight is 1470 g/mol. The Morgan fingerprint density at radius 3 is 0.905 bits per heavy atom. The van der Waals surface area contributed by atoms with Crippen molar-refractivity contribution in [2.24, 2.45) is 0 Å². The van der Waals surface area contributed by atoms with Gasteiger partial charge in [-0.05, 0) is 248 Å². The molecule has 20 aromatic carbocycles. The topological polar surface area (TPSA) is 19.7 Å². The molecule has 0 bridgehead atoms. The maximum atomic E-state index is 2.47. The highest BCUT2D eigenvalue weighted by molar-refractivity contribution is 6.23. The summed E-state index contributed by atoms with van der Waals surface area (Å²) in [5.74, 6) is 0. The molecule has 0 saturated carbocycles. The molecule has 0 saturated heterocycles. The second-order valence-corrected chi connectivity index (χ2v) is 31.3. The molecule has 0 amide bonds. The van der Waals surface area contributed by atoms with Crippen LogP contribution in [0.1, 0.15) is 0 Å². The van der Waals surface area contributed by atoms with Gasteiger partial charge in [0.2, 0.25) is 0 Å². The Labute approximate surface area is 668 Å². The van der Waals surface area contributed by atoms with E-state index in [1.54, 1.807) is 0 Å². The normalized spacial score (nSPS) is 12.1. The molecule has 116 heavy (non-hydrogen) atoms. The third-order valence-corrected chi connectivity index (χ3v) is 25.3. The standard InChI is InChI=1S/2C56H34N2/c1-2-11-40(12-3-1)57-52-19-8-6-15-45(52)50-33-37(24-29-54(50)57)38-25-30-55-51(34-38)46-16-7-9-20-53(46)58(55)41-26-23-35-31-39(22-21-36(35)32-41)42-27-28-49-44-14-5-4-13-43(44)48-18-10-17-47(42)56(48)49;1-2-13-37(14-3-1)57-51-23-10-8-19-44(51)49-33-35(25-30-54(49)57)36-26-31-55-50(34-36)45-20-9-11-24-52(45)58(55)53-32-29-41(38-15-6-7-18-43(38)53)42-27-28-48-40-17-5-4-16-39(40)46-21-12-22-47(42)56(46)48/h2*1-34H. The van der Waals surface area contributed by atoms with Crippen LogP contribution in [0, 0.1) is 0 Å². The van der Waals surface area contributed by atoms with E-state index in [-0.39, 0.29) is 0 Å². The van der Waals surface area contributed by atoms with Crippen molar-refractivity contribution in [2.75, 3.05) is 0 Å². The number of fused-ring (bicyclic) bond motifs is 20. The summed E-state index contributed by atoms with van der Waals surface area (Å²) in [6, 6.07) is 152. The molecular formula is C112H68N4. The van der Waals surface area contributed by atoms with Gasteiger partial charge < -0.3 is 18.3 Å². The average Bonchev–Trinajstić information content (AvgIpc) is 1.52. The van der Waals surface area contributed by atoms with Gasteiger partial charge in [0, 0.05) is 65.5 Å². The van der Waals surface area contributed by atoms with Crippen LogP contribution in [0.15, 0.2) is 413 Å². The summed E-state index contributed by atoms with van der Waals surface area (Å²) in [6.45, 7) is 0. The van der Waals surface area contributed by atoms with Crippen LogP contribution in [-0.4, -0.2) is 18.3 Å². The molecule has 536 valence electrons. The third-order valence-electron chi connectivity index (χ3n) is 25.3. The summed E-state index contributed by atoms with van der Waals surface area (Å²) in [4.78, 5) is 0. The predicted molar refractivity (Wildman–Crippen MR) is 491 cm³/mol. The molecule has 0 radical (unpaired) electrons. The van der Waals surface area contributed by atoms with E-state index in [1.807, 2.05) is 0 Å². The van der Waals surface area contributed by atoms with Crippen molar-refractivity contribution in [3.63, 3.8) is 0 Å². The van der Waals surface area contributed by atoms with E-state index in [1.165, 1.54) is 236 Å². The van der Waals surface area contributed by atoms with Gasteiger partial charge in [-0.25, -0.2) is 0 Å². The fraction of sp³-hybridized carbons (Fsp3) is 0. The van der Waals surface area contributed by atoms with E-state index in [0.29, 0.717) is 0 Å². The van der Waals surface area contributed by atoms with Crippen molar-refractivity contribution >= 4 is 130 Å². The third kappa shape index (κ3) is 9.50. The van der Waals surface area contributed by atoms with Crippen LogP contribution in [-0.2, 0) is 0 Å². The molecule has 0 N–H and O–H groups in total. The Hall–Kier alpha value is -15.4. The minimum absolute atomic E-state index is 1.16. The lowest BCUT2D eigenvalue weighted by Gasteiger charge is -2.16. The number of nitrogens with zero attached hydrogens (tertiary/aromatic N) is 4. The number of aromatic nitrogens is 4. The van der Waals surface area contributed by atoms with Crippen LogP contribution in [0.3, 0.4) is 0 Å². The molecule has 4 nitrogen and oxygen atoms in total. The van der Waals surface area contributed by atoms with Crippen LogP contribution < -0.4 is 0 Å². The van der Waals surface area contributed by atoms with Gasteiger partial charge in [-0.2, -0.15) is 0 Å². The molecule has 0 spiro atoms. The monoisotopic (exact) mass is 1470 g/mol. The second kappa shape index (κ2) is 25.1. The van der Waals surface area contributed by atoms with Crippen molar-refractivity contribution in [2.45, 2.75) is 0 Å². The van der Waals surface area contributed by atoms with Crippen LogP contribution in [0.5, 0.6) is 0 Å². The summed E-state index contributed by atoms with van der Waals surface area (Å²) >= 11 is 0. The molecule has 0 fully saturated rings. The molecule has 4 heteroatoms. The lowest BCUT2D eigenvalue weighted by atomic mass is 9.91. The van der Waals surface area contributed by atoms with Gasteiger partial charge in [0.25, 0.3) is 0 Å². The number of hydrogen-bond acceptors (Lipinski definition) is 0. The fourth-order valence-electron chi connectivity index (χ4n) is 20.2. The van der Waals surface area contributed by atoms with Crippen LogP contribution >= 0.6 is 0 Å². The van der Waals surface area contributed by atoms with Crippen molar-refractivity contribution in [1.29, 1.82) is 0 Å². The SMILES string of the molecule is c1ccc(-n2c3ccccc3c3cc(-c4ccc5c(c4)c4ccccc4n5-c4ccc(-c5ccc6c7c(cccc57)-c5ccccc5-6)c5ccccc45)ccc32)cc1.c1ccc(-n2c3ccccc3c3cc(-c4ccc5c(c4)c4ccccc4n5-c4ccc5cc(-c6ccc7c8c(cccc68)-c6ccccc6-7)ccc5c4)ccc32)cc1. The summed E-state index contributed by atoms with van der Waals surface area (Å²) in [5, 5.41) is 20.3. The number of para-hydroxylation sites is 6. The van der Waals surface area contributed by atoms with E-state index in [2.05, 4.69) is 431 Å². The van der Waals surface area contributed by atoms with Gasteiger partial charge in [0.15, 0.2) is 0 Å². The first-order chi connectivity index (χ1) is 57.6. The highest BCUT2D eigenvalue weighted by Crippen LogP contribution is 2.53. The maximum Gasteiger partial charge on any atom is 0.0541 e.